The Kier molecular flexibility index (Phi) is 8.22. The highest BCUT2D eigenvalue weighted by molar-refractivity contribution is 6.27. The van der Waals surface area contributed by atoms with E-state index >= 15 is 0 Å². The standard InChI is InChI=1S/C23H32N4O3.C2H2O4/c28-22(21-19-6-1-2-7-20(19)27(26-21)18-4-3-5-18)25-17-9-8-16(24-15-17)14-23(29)10-12-30-13-11-23;3-1(4)2(5)6/h1-2,6-7,16-18,24,29H,3-5,8-15H2,(H,25,28);(H,3,4)(H,5,6)/t16-,17-;/m0./s1. The Morgan fingerprint density at radius 1 is 1.08 bits per heavy atom. The molecule has 1 aromatic carbocycles. The molecule has 0 unspecified atom stereocenters. The number of para-hydroxylation sites is 1. The summed E-state index contributed by atoms with van der Waals surface area (Å²) in [5.74, 6) is -3.73. The molecule has 3 aliphatic rings. The molecule has 0 bridgehead atoms. The van der Waals surface area contributed by atoms with E-state index in [4.69, 9.17) is 29.6 Å². The normalized spacial score (nSPS) is 23.7. The predicted octanol–water partition coefficient (Wildman–Crippen LogP) is 1.70. The van der Waals surface area contributed by atoms with Crippen LogP contribution in [0.1, 0.15) is 67.9 Å². The van der Waals surface area contributed by atoms with E-state index in [2.05, 4.69) is 21.4 Å². The van der Waals surface area contributed by atoms with E-state index < -0.39 is 17.5 Å². The Morgan fingerprint density at radius 3 is 2.36 bits per heavy atom. The number of aliphatic carboxylic acids is 2. The van der Waals surface area contributed by atoms with Gasteiger partial charge < -0.3 is 30.7 Å². The van der Waals surface area contributed by atoms with Crippen molar-refractivity contribution in [2.24, 2.45) is 0 Å². The summed E-state index contributed by atoms with van der Waals surface area (Å²) in [7, 11) is 0. The van der Waals surface area contributed by atoms with E-state index in [1.807, 2.05) is 18.2 Å². The molecule has 3 fully saturated rings. The summed E-state index contributed by atoms with van der Waals surface area (Å²) in [6.07, 6.45) is 7.55. The summed E-state index contributed by atoms with van der Waals surface area (Å²) in [5, 5.41) is 37.9. The van der Waals surface area contributed by atoms with Crippen LogP contribution < -0.4 is 10.6 Å². The minimum Gasteiger partial charge on any atom is -0.473 e. The third-order valence-electron chi connectivity index (χ3n) is 7.33. The Labute approximate surface area is 208 Å². The van der Waals surface area contributed by atoms with Crippen molar-refractivity contribution in [2.45, 2.75) is 75.1 Å². The zero-order chi connectivity index (χ0) is 25.7. The number of nitrogens with zero attached hydrogens (tertiary/aromatic N) is 2. The van der Waals surface area contributed by atoms with Crippen LogP contribution in [0.5, 0.6) is 0 Å². The average Bonchev–Trinajstić information content (AvgIpc) is 3.19. The number of carboxylic acids is 2. The fourth-order valence-electron chi connectivity index (χ4n) is 5.05. The van der Waals surface area contributed by atoms with Crippen LogP contribution in [0.3, 0.4) is 0 Å². The second-order valence-electron chi connectivity index (χ2n) is 9.90. The molecule has 11 heteroatoms. The molecule has 196 valence electrons. The second kappa shape index (κ2) is 11.4. The van der Waals surface area contributed by atoms with Gasteiger partial charge in [-0.3, -0.25) is 9.48 Å². The molecule has 0 radical (unpaired) electrons. The van der Waals surface area contributed by atoms with Crippen molar-refractivity contribution in [3.8, 4) is 0 Å². The summed E-state index contributed by atoms with van der Waals surface area (Å²) in [6.45, 7) is 2.01. The maximum atomic E-state index is 13.0. The minimum atomic E-state index is -1.82. The number of rotatable bonds is 5. The van der Waals surface area contributed by atoms with E-state index in [1.165, 1.54) is 6.42 Å². The van der Waals surface area contributed by atoms with Gasteiger partial charge in [-0.1, -0.05) is 18.2 Å². The number of piperidine rings is 1. The summed E-state index contributed by atoms with van der Waals surface area (Å²) < 4.78 is 7.43. The lowest BCUT2D eigenvalue weighted by Gasteiger charge is -2.38. The van der Waals surface area contributed by atoms with Crippen LogP contribution in [-0.4, -0.2) is 80.4 Å². The maximum absolute atomic E-state index is 13.0. The Hall–Kier alpha value is -3.02. The van der Waals surface area contributed by atoms with Crippen LogP contribution in [0.15, 0.2) is 24.3 Å². The van der Waals surface area contributed by atoms with E-state index in [-0.39, 0.29) is 11.9 Å². The molecular weight excluding hydrogens is 468 g/mol. The largest absolute Gasteiger partial charge is 0.473 e. The summed E-state index contributed by atoms with van der Waals surface area (Å²) in [5.41, 5.74) is 0.981. The summed E-state index contributed by atoms with van der Waals surface area (Å²) in [6, 6.07) is 8.84. The number of carbonyl (C=O) groups excluding carboxylic acids is 1. The van der Waals surface area contributed by atoms with E-state index in [0.29, 0.717) is 43.8 Å². The number of carboxylic acid groups (broad SMARTS) is 2. The van der Waals surface area contributed by atoms with Crippen molar-refractivity contribution in [2.75, 3.05) is 19.8 Å². The van der Waals surface area contributed by atoms with E-state index in [0.717, 1.165) is 49.6 Å². The second-order valence-corrected chi connectivity index (χ2v) is 9.90. The van der Waals surface area contributed by atoms with Gasteiger partial charge in [0.15, 0.2) is 5.69 Å². The molecule has 1 saturated carbocycles. The number of ether oxygens (including phenoxy) is 1. The summed E-state index contributed by atoms with van der Waals surface area (Å²) >= 11 is 0. The maximum Gasteiger partial charge on any atom is 0.414 e. The third kappa shape index (κ3) is 6.21. The molecule has 2 aromatic rings. The summed E-state index contributed by atoms with van der Waals surface area (Å²) in [4.78, 5) is 31.2. The zero-order valence-corrected chi connectivity index (χ0v) is 20.2. The van der Waals surface area contributed by atoms with Gasteiger partial charge in [0.2, 0.25) is 0 Å². The van der Waals surface area contributed by atoms with Gasteiger partial charge in [-0.05, 0) is 57.4 Å². The number of nitrogens with one attached hydrogen (secondary N) is 2. The monoisotopic (exact) mass is 502 g/mol. The third-order valence-corrected chi connectivity index (χ3v) is 7.33. The molecular formula is C25H34N4O7. The number of aliphatic hydroxyl groups is 1. The van der Waals surface area contributed by atoms with Gasteiger partial charge in [0.25, 0.3) is 5.91 Å². The molecule has 0 spiro atoms. The number of fused-ring (bicyclic) bond motifs is 1. The first-order valence-electron chi connectivity index (χ1n) is 12.5. The molecule has 5 N–H and O–H groups in total. The fraction of sp³-hybridized carbons (Fsp3) is 0.600. The van der Waals surface area contributed by atoms with Crippen LogP contribution >= 0.6 is 0 Å². The van der Waals surface area contributed by atoms with Crippen LogP contribution in [-0.2, 0) is 14.3 Å². The highest BCUT2D eigenvalue weighted by Gasteiger charge is 2.34. The number of benzene rings is 1. The topological polar surface area (TPSA) is 163 Å². The molecule has 5 rings (SSSR count). The smallest absolute Gasteiger partial charge is 0.414 e. The Bertz CT molecular complexity index is 1070. The molecule has 2 aliphatic heterocycles. The van der Waals surface area contributed by atoms with Gasteiger partial charge in [-0.25, -0.2) is 9.59 Å². The van der Waals surface area contributed by atoms with Crippen molar-refractivity contribution in [1.82, 2.24) is 20.4 Å². The Morgan fingerprint density at radius 2 is 1.78 bits per heavy atom. The molecule has 1 aromatic heterocycles. The van der Waals surface area contributed by atoms with Crippen molar-refractivity contribution < 1.29 is 34.4 Å². The van der Waals surface area contributed by atoms with Gasteiger partial charge in [0.1, 0.15) is 0 Å². The quantitative estimate of drug-likeness (QED) is 0.383. The van der Waals surface area contributed by atoms with Crippen LogP contribution in [0, 0.1) is 0 Å². The molecule has 2 atom stereocenters. The SMILES string of the molecule is O=C(N[C@H]1CC[C@@H](CC2(O)CCOCC2)NC1)c1nn(C2CCC2)c2ccccc12.O=C(O)C(=O)O. The molecule has 11 nitrogen and oxygen atoms in total. The number of hydrogen-bond acceptors (Lipinski definition) is 7. The van der Waals surface area contributed by atoms with Gasteiger partial charge in [0, 0.05) is 37.2 Å². The van der Waals surface area contributed by atoms with Crippen molar-refractivity contribution in [3.63, 3.8) is 0 Å². The number of aromatic nitrogens is 2. The van der Waals surface area contributed by atoms with Gasteiger partial charge in [-0.15, -0.1) is 0 Å². The number of hydrogen-bond donors (Lipinski definition) is 5. The van der Waals surface area contributed by atoms with Crippen molar-refractivity contribution >= 4 is 28.7 Å². The van der Waals surface area contributed by atoms with Crippen molar-refractivity contribution in [1.29, 1.82) is 0 Å². The lowest BCUT2D eigenvalue weighted by molar-refractivity contribution is -0.159. The van der Waals surface area contributed by atoms with Crippen molar-refractivity contribution in [3.05, 3.63) is 30.0 Å². The zero-order valence-electron chi connectivity index (χ0n) is 20.2. The molecule has 2 saturated heterocycles. The van der Waals surface area contributed by atoms with Crippen LogP contribution in [0.25, 0.3) is 10.9 Å². The lowest BCUT2D eigenvalue weighted by atomic mass is 9.84. The van der Waals surface area contributed by atoms with E-state index in [9.17, 15) is 9.90 Å². The van der Waals surface area contributed by atoms with Gasteiger partial charge in [-0.2, -0.15) is 5.10 Å². The fourth-order valence-corrected chi connectivity index (χ4v) is 5.05. The predicted molar refractivity (Wildman–Crippen MR) is 130 cm³/mol. The highest BCUT2D eigenvalue weighted by atomic mass is 16.5. The van der Waals surface area contributed by atoms with Gasteiger partial charge in [0.05, 0.1) is 17.2 Å². The number of carbonyl (C=O) groups is 3. The molecule has 1 aliphatic carbocycles. The van der Waals surface area contributed by atoms with Crippen LogP contribution in [0.2, 0.25) is 0 Å². The average molecular weight is 503 g/mol. The minimum absolute atomic E-state index is 0.0856. The van der Waals surface area contributed by atoms with Crippen LogP contribution in [0.4, 0.5) is 0 Å². The first kappa shape index (κ1) is 26.1. The van der Waals surface area contributed by atoms with E-state index in [1.54, 1.807) is 0 Å². The first-order chi connectivity index (χ1) is 17.3. The molecule has 3 heterocycles. The highest BCUT2D eigenvalue weighted by Crippen LogP contribution is 2.34. The first-order valence-corrected chi connectivity index (χ1v) is 12.5. The molecule has 36 heavy (non-hydrogen) atoms. The molecule has 1 amide bonds. The lowest BCUT2D eigenvalue weighted by Crippen LogP contribution is -2.52. The Balaban J connectivity index is 0.000000455. The number of amides is 1. The van der Waals surface area contributed by atoms with Gasteiger partial charge >= 0.3 is 11.9 Å².